The van der Waals surface area contributed by atoms with Gasteiger partial charge in [-0.15, -0.1) is 0 Å². The second-order valence-corrected chi connectivity index (χ2v) is 3.74. The molecular formula is C12H18N4. The van der Waals surface area contributed by atoms with Crippen LogP contribution in [0.25, 0.3) is 0 Å². The second-order valence-electron chi connectivity index (χ2n) is 3.74. The maximum atomic E-state index is 8.97. The van der Waals surface area contributed by atoms with Crippen molar-refractivity contribution >= 4 is 0 Å². The molecule has 1 N–H and O–H groups in total. The van der Waals surface area contributed by atoms with Crippen molar-refractivity contribution in [2.75, 3.05) is 0 Å². The fourth-order valence-corrected chi connectivity index (χ4v) is 1.50. The van der Waals surface area contributed by atoms with E-state index in [-0.39, 0.29) is 12.0 Å². The molecule has 0 spiro atoms. The van der Waals surface area contributed by atoms with E-state index in [4.69, 9.17) is 16.1 Å². The highest BCUT2D eigenvalue weighted by Crippen LogP contribution is 2.23. The molecular weight excluding hydrogens is 200 g/mol. The molecule has 0 bridgehead atoms. The van der Waals surface area contributed by atoms with Gasteiger partial charge in [-0.05, 0) is 18.4 Å². The van der Waals surface area contributed by atoms with Gasteiger partial charge in [0.15, 0.2) is 0 Å². The molecule has 0 aromatic rings. The Bertz CT molecular complexity index is 308. The molecule has 4 heteroatoms. The van der Waals surface area contributed by atoms with E-state index in [9.17, 15) is 0 Å². The Morgan fingerprint density at radius 1 is 1.44 bits per heavy atom. The first kappa shape index (κ1) is 14.3. The van der Waals surface area contributed by atoms with E-state index in [2.05, 4.69) is 24.7 Å². The molecule has 0 rings (SSSR count). The minimum Gasteiger partial charge on any atom is -0.209 e. The summed E-state index contributed by atoms with van der Waals surface area (Å²) in [7, 11) is 0. The van der Waals surface area contributed by atoms with Gasteiger partial charge in [-0.1, -0.05) is 26.3 Å². The van der Waals surface area contributed by atoms with E-state index in [0.29, 0.717) is 18.4 Å². The van der Waals surface area contributed by atoms with Gasteiger partial charge in [-0.25, -0.2) is 5.53 Å². The van der Waals surface area contributed by atoms with Gasteiger partial charge in [0.05, 0.1) is 24.1 Å². The maximum Gasteiger partial charge on any atom is 0.0925 e. The molecule has 0 heterocycles. The van der Waals surface area contributed by atoms with Crippen molar-refractivity contribution in [2.45, 2.75) is 45.1 Å². The summed E-state index contributed by atoms with van der Waals surface area (Å²) in [5.74, 6) is -0.351. The van der Waals surface area contributed by atoms with E-state index in [0.717, 1.165) is 19.3 Å². The lowest BCUT2D eigenvalue weighted by Gasteiger charge is -2.17. The van der Waals surface area contributed by atoms with Crippen LogP contribution in [0.15, 0.2) is 17.3 Å². The Labute approximate surface area is 97.1 Å². The van der Waals surface area contributed by atoms with Crippen LogP contribution < -0.4 is 0 Å². The molecule has 4 nitrogen and oxygen atoms in total. The maximum absolute atomic E-state index is 8.97. The smallest absolute Gasteiger partial charge is 0.0925 e. The second kappa shape index (κ2) is 8.61. The van der Waals surface area contributed by atoms with Gasteiger partial charge in [0.1, 0.15) is 0 Å². The summed E-state index contributed by atoms with van der Waals surface area (Å²) in [4.78, 5) is 0. The normalized spacial score (nSPS) is 13.2. The Hall–Kier alpha value is -1.68. The van der Waals surface area contributed by atoms with Crippen molar-refractivity contribution < 1.29 is 0 Å². The van der Waals surface area contributed by atoms with Crippen LogP contribution in [0.2, 0.25) is 0 Å². The molecule has 0 fully saturated rings. The summed E-state index contributed by atoms with van der Waals surface area (Å²) < 4.78 is 0. The third kappa shape index (κ3) is 4.70. The topological polar surface area (TPSA) is 83.8 Å². The highest BCUT2D eigenvalue weighted by atomic mass is 15.0. The van der Waals surface area contributed by atoms with Gasteiger partial charge >= 0.3 is 0 Å². The van der Waals surface area contributed by atoms with Gasteiger partial charge in [0.2, 0.25) is 0 Å². The van der Waals surface area contributed by atoms with E-state index < -0.39 is 0 Å². The van der Waals surface area contributed by atoms with Crippen LogP contribution in [0.5, 0.6) is 0 Å². The first-order valence-corrected chi connectivity index (χ1v) is 5.53. The zero-order chi connectivity index (χ0) is 12.4. The Balaban J connectivity index is 4.40. The predicted octanol–water partition coefficient (Wildman–Crippen LogP) is 3.58. The molecule has 0 aliphatic carbocycles. The average Bonchev–Trinajstić information content (AvgIpc) is 2.31. The minimum absolute atomic E-state index is 0.261. The summed E-state index contributed by atoms with van der Waals surface area (Å²) in [6.07, 6.45) is 3.61. The van der Waals surface area contributed by atoms with E-state index >= 15 is 0 Å². The van der Waals surface area contributed by atoms with Crippen molar-refractivity contribution in [3.63, 3.8) is 0 Å². The van der Waals surface area contributed by atoms with Crippen molar-refractivity contribution in [3.05, 3.63) is 12.2 Å². The van der Waals surface area contributed by atoms with Crippen molar-refractivity contribution in [3.8, 4) is 12.1 Å². The molecule has 0 aliphatic rings. The monoisotopic (exact) mass is 218 g/mol. The van der Waals surface area contributed by atoms with Gasteiger partial charge in [-0.2, -0.15) is 15.6 Å². The minimum atomic E-state index is -0.351. The Morgan fingerprint density at radius 2 is 2.12 bits per heavy atom. The summed E-state index contributed by atoms with van der Waals surface area (Å²) in [6, 6.07) is 3.89. The van der Waals surface area contributed by atoms with Gasteiger partial charge in [-0.3, -0.25) is 0 Å². The third-order valence-electron chi connectivity index (χ3n) is 2.56. The highest BCUT2D eigenvalue weighted by Gasteiger charge is 2.19. The van der Waals surface area contributed by atoms with E-state index in [1.807, 2.05) is 6.07 Å². The number of nitriles is 2. The van der Waals surface area contributed by atoms with Crippen LogP contribution in [0.1, 0.15) is 39.0 Å². The number of hydrogen-bond donors (Lipinski definition) is 1. The molecule has 0 amide bonds. The fourth-order valence-electron chi connectivity index (χ4n) is 1.50. The number of nitrogens with zero attached hydrogens (tertiary/aromatic N) is 3. The predicted molar refractivity (Wildman–Crippen MR) is 61.6 cm³/mol. The molecule has 2 atom stereocenters. The molecule has 16 heavy (non-hydrogen) atoms. The lowest BCUT2D eigenvalue weighted by atomic mass is 9.89. The summed E-state index contributed by atoms with van der Waals surface area (Å²) in [5, 5.41) is 21.0. The first-order chi connectivity index (χ1) is 7.71. The van der Waals surface area contributed by atoms with Gasteiger partial charge in [0, 0.05) is 6.42 Å². The average molecular weight is 218 g/mol. The van der Waals surface area contributed by atoms with Crippen LogP contribution in [-0.2, 0) is 0 Å². The first-order valence-electron chi connectivity index (χ1n) is 5.53. The summed E-state index contributed by atoms with van der Waals surface area (Å²) >= 11 is 0. The summed E-state index contributed by atoms with van der Waals surface area (Å²) in [6.45, 7) is 5.93. The van der Waals surface area contributed by atoms with Crippen LogP contribution in [0.4, 0.5) is 0 Å². The molecule has 0 aliphatic heterocycles. The van der Waals surface area contributed by atoms with Crippen LogP contribution in [-0.4, -0.2) is 6.04 Å². The van der Waals surface area contributed by atoms with Crippen molar-refractivity contribution in [1.82, 2.24) is 0 Å². The molecule has 0 aromatic heterocycles. The SMILES string of the molecule is C=C(C(C#N)CCC#N)C(CCCC)N=N. The summed E-state index contributed by atoms with van der Waals surface area (Å²) in [5.41, 5.74) is 7.79. The zero-order valence-electron chi connectivity index (χ0n) is 9.74. The fraction of sp³-hybridized carbons (Fsp3) is 0.667. The van der Waals surface area contributed by atoms with E-state index in [1.54, 1.807) is 0 Å². The molecule has 0 radical (unpaired) electrons. The number of nitrogens with one attached hydrogen (secondary N) is 1. The van der Waals surface area contributed by atoms with Crippen molar-refractivity contribution in [2.24, 2.45) is 11.0 Å². The third-order valence-corrected chi connectivity index (χ3v) is 2.56. The van der Waals surface area contributed by atoms with Crippen LogP contribution in [0.3, 0.4) is 0 Å². The lowest BCUT2D eigenvalue weighted by Crippen LogP contribution is -2.14. The molecule has 86 valence electrons. The molecule has 0 saturated heterocycles. The molecule has 0 aromatic carbocycles. The zero-order valence-corrected chi connectivity index (χ0v) is 9.74. The largest absolute Gasteiger partial charge is 0.209 e. The van der Waals surface area contributed by atoms with Crippen LogP contribution in [0, 0.1) is 34.1 Å². The van der Waals surface area contributed by atoms with E-state index in [1.165, 1.54) is 0 Å². The van der Waals surface area contributed by atoms with Crippen molar-refractivity contribution in [1.29, 1.82) is 16.1 Å². The number of unbranched alkanes of at least 4 members (excludes halogenated alkanes) is 1. The Morgan fingerprint density at radius 3 is 2.56 bits per heavy atom. The molecule has 2 unspecified atom stereocenters. The quantitative estimate of drug-likeness (QED) is 0.499. The van der Waals surface area contributed by atoms with Crippen LogP contribution >= 0.6 is 0 Å². The number of rotatable bonds is 8. The van der Waals surface area contributed by atoms with Gasteiger partial charge < -0.3 is 0 Å². The van der Waals surface area contributed by atoms with Gasteiger partial charge in [0.25, 0.3) is 0 Å². The highest BCUT2D eigenvalue weighted by molar-refractivity contribution is 5.17. The number of hydrogen-bond acceptors (Lipinski definition) is 4. The Kier molecular flexibility index (Phi) is 7.71. The molecule has 0 saturated carbocycles. The standard InChI is InChI=1S/C12H18N4/c1-3-4-7-12(16-15)10(2)11(9-14)6-5-8-13/h11-12,15H,2-7H2,1H3. The lowest BCUT2D eigenvalue weighted by molar-refractivity contribution is 0.550.